The lowest BCUT2D eigenvalue weighted by Gasteiger charge is -2.30. The average molecular weight is 1050 g/mol. The second kappa shape index (κ2) is 53.1. The van der Waals surface area contributed by atoms with Gasteiger partial charge in [-0.05, 0) is 70.3 Å². The second-order valence-electron chi connectivity index (χ2n) is 21.9. The minimum Gasteiger partial charge on any atom is -0.756 e. The molecule has 10 heteroatoms. The number of esters is 1. The van der Waals surface area contributed by atoms with Gasteiger partial charge in [0, 0.05) is 12.8 Å². The Balaban J connectivity index is 5.39. The molecule has 426 valence electrons. The lowest BCUT2D eigenvalue weighted by molar-refractivity contribution is -0.870. The number of quaternary nitrogens is 1. The molecule has 0 aliphatic rings. The fraction of sp³-hybridized carbons (Fsp3) is 0.810. The zero-order valence-corrected chi connectivity index (χ0v) is 49.5. The van der Waals surface area contributed by atoms with Gasteiger partial charge in [-0.15, -0.1) is 0 Å². The highest BCUT2D eigenvalue weighted by molar-refractivity contribution is 7.45. The van der Waals surface area contributed by atoms with E-state index in [0.717, 1.165) is 64.2 Å². The number of amides is 1. The van der Waals surface area contributed by atoms with Gasteiger partial charge < -0.3 is 28.5 Å². The van der Waals surface area contributed by atoms with Crippen LogP contribution in [-0.2, 0) is 27.9 Å². The Morgan fingerprint density at radius 1 is 0.479 bits per heavy atom. The number of phosphoric ester groups is 1. The molecule has 0 fully saturated rings. The summed E-state index contributed by atoms with van der Waals surface area (Å²) in [5.41, 5.74) is 0. The minimum absolute atomic E-state index is 0.0323. The van der Waals surface area contributed by atoms with E-state index in [4.69, 9.17) is 13.8 Å². The van der Waals surface area contributed by atoms with Crippen molar-refractivity contribution in [2.45, 2.75) is 290 Å². The maximum atomic E-state index is 13.5. The van der Waals surface area contributed by atoms with E-state index in [9.17, 15) is 19.0 Å². The molecule has 73 heavy (non-hydrogen) atoms. The number of carbonyl (C=O) groups is 2. The molecule has 0 aliphatic heterocycles. The molecule has 3 unspecified atom stereocenters. The first-order valence-corrected chi connectivity index (χ1v) is 32.1. The summed E-state index contributed by atoms with van der Waals surface area (Å²) in [4.78, 5) is 39.9. The van der Waals surface area contributed by atoms with Crippen LogP contribution < -0.4 is 10.2 Å². The second-order valence-corrected chi connectivity index (χ2v) is 23.3. The standard InChI is InChI=1S/C63H117N2O7P/c1-7-10-13-16-19-22-25-28-30-32-34-37-40-43-46-49-52-55-62(66)64-60(59-71-73(68,69)70-58-57-65(4,5)6)61(54-51-48-45-42-39-36-27-24-21-18-15-12-9-3)72-63(67)56-53-50-47-44-41-38-35-33-31-29-26-23-20-17-14-11-8-2/h19,22,28,30,34,37,43,46,51,54,60-61H,7-18,20-21,23-27,29,31-33,35-36,38-42,44-45,47-50,52-53,55-59H2,1-6H3,(H-,64,66,68,69)/b22-19-,30-28-,37-34-,46-43-,54-51+. The summed E-state index contributed by atoms with van der Waals surface area (Å²) in [6.07, 6.45) is 66.2. The van der Waals surface area contributed by atoms with E-state index >= 15 is 0 Å². The molecule has 3 atom stereocenters. The highest BCUT2D eigenvalue weighted by atomic mass is 31.2. The maximum Gasteiger partial charge on any atom is 0.306 e. The normalized spacial score (nSPS) is 14.1. The monoisotopic (exact) mass is 1040 g/mol. The maximum absolute atomic E-state index is 13.5. The van der Waals surface area contributed by atoms with Crippen LogP contribution in [0.4, 0.5) is 0 Å². The van der Waals surface area contributed by atoms with Gasteiger partial charge in [0.25, 0.3) is 7.82 Å². The van der Waals surface area contributed by atoms with Crippen LogP contribution >= 0.6 is 7.82 Å². The Hall–Kier alpha value is -2.29. The molecule has 1 N–H and O–H groups in total. The number of carbonyl (C=O) groups excluding carboxylic acids is 2. The number of ether oxygens (including phenoxy) is 1. The summed E-state index contributed by atoms with van der Waals surface area (Å²) >= 11 is 0. The summed E-state index contributed by atoms with van der Waals surface area (Å²) in [5.74, 6) is -0.598. The van der Waals surface area contributed by atoms with Gasteiger partial charge >= 0.3 is 5.97 Å². The van der Waals surface area contributed by atoms with Crippen LogP contribution in [0.2, 0.25) is 0 Å². The molecule has 0 rings (SSSR count). The molecule has 0 aromatic carbocycles. The van der Waals surface area contributed by atoms with Crippen LogP contribution in [0.5, 0.6) is 0 Å². The van der Waals surface area contributed by atoms with E-state index in [1.54, 1.807) is 0 Å². The van der Waals surface area contributed by atoms with Gasteiger partial charge in [-0.1, -0.05) is 255 Å². The number of unbranched alkanes of at least 4 members (excludes halogenated alkanes) is 31. The molecule has 9 nitrogen and oxygen atoms in total. The van der Waals surface area contributed by atoms with Crippen LogP contribution in [0.1, 0.15) is 278 Å². The van der Waals surface area contributed by atoms with Crippen LogP contribution in [0.25, 0.3) is 0 Å². The third kappa shape index (κ3) is 54.3. The van der Waals surface area contributed by atoms with Crippen LogP contribution in [0.15, 0.2) is 60.8 Å². The number of allylic oxidation sites excluding steroid dienone is 9. The van der Waals surface area contributed by atoms with Crippen molar-refractivity contribution in [1.29, 1.82) is 0 Å². The lowest BCUT2D eigenvalue weighted by Crippen LogP contribution is -2.47. The SMILES string of the molecule is CCCCC/C=C\C/C=C\C/C=C\C/C=C\CCCC(=O)NC(COP(=O)([O-])OCC[N+](C)(C)C)C(/C=C/CCCCCCCCCCCCC)OC(=O)CCCCCCCCCCCCCCCCCCC. The summed E-state index contributed by atoms with van der Waals surface area (Å²) in [6, 6.07) is -0.915. The van der Waals surface area contributed by atoms with Crippen LogP contribution in [0, 0.1) is 0 Å². The first-order valence-electron chi connectivity index (χ1n) is 30.6. The Bertz CT molecular complexity index is 1440. The molecule has 0 saturated heterocycles. The highest BCUT2D eigenvalue weighted by Crippen LogP contribution is 2.38. The number of rotatable bonds is 55. The van der Waals surface area contributed by atoms with Crippen molar-refractivity contribution in [2.24, 2.45) is 0 Å². The molecule has 0 aliphatic carbocycles. The Morgan fingerprint density at radius 3 is 1.30 bits per heavy atom. The fourth-order valence-corrected chi connectivity index (χ4v) is 9.41. The number of nitrogens with one attached hydrogen (secondary N) is 1. The third-order valence-corrected chi connectivity index (χ3v) is 14.4. The van der Waals surface area contributed by atoms with Crippen LogP contribution in [0.3, 0.4) is 0 Å². The molecule has 0 aromatic rings. The number of hydrogen-bond donors (Lipinski definition) is 1. The lowest BCUT2D eigenvalue weighted by atomic mass is 10.0. The predicted molar refractivity (Wildman–Crippen MR) is 312 cm³/mol. The van der Waals surface area contributed by atoms with E-state index in [1.165, 1.54) is 173 Å². The van der Waals surface area contributed by atoms with Crippen molar-refractivity contribution >= 4 is 19.7 Å². The van der Waals surface area contributed by atoms with Gasteiger partial charge in [-0.2, -0.15) is 0 Å². The van der Waals surface area contributed by atoms with Gasteiger partial charge in [0.1, 0.15) is 19.3 Å². The van der Waals surface area contributed by atoms with Gasteiger partial charge in [-0.3, -0.25) is 14.2 Å². The van der Waals surface area contributed by atoms with Crippen molar-refractivity contribution < 1.29 is 37.3 Å². The smallest absolute Gasteiger partial charge is 0.306 e. The summed E-state index contributed by atoms with van der Waals surface area (Å²) in [7, 11) is 1.15. The molecule has 0 heterocycles. The third-order valence-electron chi connectivity index (χ3n) is 13.5. The van der Waals surface area contributed by atoms with Crippen molar-refractivity contribution in [3.05, 3.63) is 60.8 Å². The Labute approximate surface area is 451 Å². The zero-order chi connectivity index (χ0) is 53.6. The molecule has 0 aromatic heterocycles. The topological polar surface area (TPSA) is 114 Å². The summed E-state index contributed by atoms with van der Waals surface area (Å²) in [5, 5.41) is 3.00. The predicted octanol–water partition coefficient (Wildman–Crippen LogP) is 18.0. The highest BCUT2D eigenvalue weighted by Gasteiger charge is 2.27. The quantitative estimate of drug-likeness (QED) is 0.0212. The van der Waals surface area contributed by atoms with Gasteiger partial charge in [-0.25, -0.2) is 0 Å². The van der Waals surface area contributed by atoms with E-state index in [0.29, 0.717) is 17.4 Å². The number of hydrogen-bond acceptors (Lipinski definition) is 7. The van der Waals surface area contributed by atoms with Crippen LogP contribution in [-0.4, -0.2) is 69.4 Å². The minimum atomic E-state index is -4.71. The summed E-state index contributed by atoms with van der Waals surface area (Å²) < 4.78 is 30.3. The van der Waals surface area contributed by atoms with Crippen molar-refractivity contribution in [3.8, 4) is 0 Å². The van der Waals surface area contributed by atoms with E-state index in [1.807, 2.05) is 33.3 Å². The van der Waals surface area contributed by atoms with E-state index in [2.05, 4.69) is 74.7 Å². The largest absolute Gasteiger partial charge is 0.756 e. The molecular weight excluding hydrogens is 928 g/mol. The van der Waals surface area contributed by atoms with E-state index < -0.39 is 26.6 Å². The molecule has 1 amide bonds. The Kier molecular flexibility index (Phi) is 51.5. The summed E-state index contributed by atoms with van der Waals surface area (Å²) in [6.45, 7) is 6.79. The van der Waals surface area contributed by atoms with Gasteiger partial charge in [0.2, 0.25) is 5.91 Å². The average Bonchev–Trinajstić information content (AvgIpc) is 3.35. The first-order chi connectivity index (χ1) is 35.4. The van der Waals surface area contributed by atoms with Crippen molar-refractivity contribution in [1.82, 2.24) is 5.32 Å². The van der Waals surface area contributed by atoms with Gasteiger partial charge in [0.05, 0.1) is 33.8 Å². The number of phosphoric acid groups is 1. The fourth-order valence-electron chi connectivity index (χ4n) is 8.69. The first kappa shape index (κ1) is 70.7. The van der Waals surface area contributed by atoms with Gasteiger partial charge in [0.15, 0.2) is 0 Å². The molecule has 0 bridgehead atoms. The number of likely N-dealkylation sites (N-methyl/N-ethyl adjacent to an activating group) is 1. The van der Waals surface area contributed by atoms with Crippen molar-refractivity contribution in [3.63, 3.8) is 0 Å². The molecule has 0 radical (unpaired) electrons. The molecule has 0 spiro atoms. The van der Waals surface area contributed by atoms with Crippen molar-refractivity contribution in [2.75, 3.05) is 40.9 Å². The molecular formula is C63H117N2O7P. The zero-order valence-electron chi connectivity index (χ0n) is 48.6. The van der Waals surface area contributed by atoms with E-state index in [-0.39, 0.29) is 31.3 Å². The molecule has 0 saturated carbocycles. The number of nitrogens with zero attached hydrogens (tertiary/aromatic N) is 1. The Morgan fingerprint density at radius 2 is 0.849 bits per heavy atom.